The first-order chi connectivity index (χ1) is 9.55. The molecule has 0 radical (unpaired) electrons. The average molecular weight is 329 g/mol. The monoisotopic (exact) mass is 329 g/mol. The van der Waals surface area contributed by atoms with Crippen molar-refractivity contribution in [2.24, 2.45) is 0 Å². The van der Waals surface area contributed by atoms with Crippen LogP contribution in [-0.2, 0) is 26.9 Å². The quantitative estimate of drug-likeness (QED) is 0.425. The van der Waals surface area contributed by atoms with Gasteiger partial charge in [-0.05, 0) is 34.6 Å². The fourth-order valence-corrected chi connectivity index (χ4v) is 4.02. The summed E-state index contributed by atoms with van der Waals surface area (Å²) in [7, 11) is -4.10. The third kappa shape index (κ3) is 11.9. The molecule has 6 nitrogen and oxygen atoms in total. The van der Waals surface area contributed by atoms with Gasteiger partial charge in [0.2, 0.25) is 0 Å². The Kier molecular flexibility index (Phi) is 17.4. The van der Waals surface area contributed by atoms with Gasteiger partial charge in [-0.3, -0.25) is 0 Å². The van der Waals surface area contributed by atoms with Gasteiger partial charge in [-0.2, -0.15) is 0 Å². The highest BCUT2D eigenvalue weighted by Crippen LogP contribution is 2.21. The highest BCUT2D eigenvalue weighted by Gasteiger charge is 2.37. The smallest absolute Gasteiger partial charge is 0.374 e. The molecule has 0 amide bonds. The molecule has 0 atom stereocenters. The second-order valence-electron chi connectivity index (χ2n) is 3.39. The van der Waals surface area contributed by atoms with Crippen LogP contribution >= 0.6 is 8.25 Å². The van der Waals surface area contributed by atoms with E-state index in [1.165, 1.54) is 0 Å². The minimum atomic E-state index is -2.27. The van der Waals surface area contributed by atoms with Gasteiger partial charge >= 0.3 is 17.1 Å². The van der Waals surface area contributed by atoms with Crippen molar-refractivity contribution >= 4 is 17.1 Å². The molecular weight excluding hydrogens is 299 g/mol. The van der Waals surface area contributed by atoms with Gasteiger partial charge in [0.15, 0.2) is 0 Å². The summed E-state index contributed by atoms with van der Waals surface area (Å²) in [6, 6.07) is 0.850. The molecule has 0 unspecified atom stereocenters. The van der Waals surface area contributed by atoms with E-state index in [9.17, 15) is 4.57 Å². The molecule has 0 bridgehead atoms. The topological polar surface area (TPSA) is 63.2 Å². The highest BCUT2D eigenvalue weighted by atomic mass is 31.1. The van der Waals surface area contributed by atoms with Crippen LogP contribution in [0.3, 0.4) is 0 Å². The molecule has 20 heavy (non-hydrogen) atoms. The van der Waals surface area contributed by atoms with Crippen LogP contribution in [0.5, 0.6) is 0 Å². The Morgan fingerprint density at radius 2 is 1.05 bits per heavy atom. The summed E-state index contributed by atoms with van der Waals surface area (Å²) in [5.41, 5.74) is 0. The summed E-state index contributed by atoms with van der Waals surface area (Å²) >= 11 is 0. The minimum absolute atomic E-state index is 0.440. The molecule has 0 heterocycles. The number of hydrogen-bond donors (Lipinski definition) is 0. The maximum absolute atomic E-state index is 10.3. The first-order valence-electron chi connectivity index (χ1n) is 7.20. The van der Waals surface area contributed by atoms with Crippen molar-refractivity contribution < 1.29 is 26.9 Å². The Morgan fingerprint density at radius 1 is 0.700 bits per heavy atom. The Hall–Kier alpha value is 0.117. The predicted octanol–water partition coefficient (Wildman–Crippen LogP) is 3.77. The van der Waals surface area contributed by atoms with Crippen LogP contribution in [0.25, 0.3) is 0 Å². The maximum atomic E-state index is 10.3. The van der Waals surface area contributed by atoms with Gasteiger partial charge in [0.25, 0.3) is 0 Å². The molecule has 0 aliphatic heterocycles. The van der Waals surface area contributed by atoms with Crippen molar-refractivity contribution in [3.05, 3.63) is 0 Å². The van der Waals surface area contributed by atoms with Crippen LogP contribution < -0.4 is 0 Å². The van der Waals surface area contributed by atoms with Gasteiger partial charge < -0.3 is 13.3 Å². The van der Waals surface area contributed by atoms with Crippen LogP contribution in [0.15, 0.2) is 0 Å². The highest BCUT2D eigenvalue weighted by molar-refractivity contribution is 7.33. The molecular formula is C12H30O6PSi+. The lowest BCUT2D eigenvalue weighted by molar-refractivity contribution is 0.0725. The van der Waals surface area contributed by atoms with Crippen molar-refractivity contribution in [1.29, 1.82) is 0 Å². The zero-order valence-electron chi connectivity index (χ0n) is 13.6. The van der Waals surface area contributed by atoms with E-state index in [1.54, 1.807) is 13.8 Å². The molecule has 122 valence electrons. The SMILES string of the molecule is CCO[P+](=O)OCC.CCO[Si](CC)(OCC)OCC. The zero-order chi connectivity index (χ0) is 15.9. The van der Waals surface area contributed by atoms with E-state index in [-0.39, 0.29) is 0 Å². The van der Waals surface area contributed by atoms with Gasteiger partial charge in [0, 0.05) is 30.4 Å². The molecule has 0 saturated carbocycles. The fourth-order valence-electron chi connectivity index (χ4n) is 1.34. The second-order valence-corrected chi connectivity index (χ2v) is 7.30. The van der Waals surface area contributed by atoms with Crippen LogP contribution in [0.2, 0.25) is 6.04 Å². The lowest BCUT2D eigenvalue weighted by Gasteiger charge is -2.26. The molecule has 8 heteroatoms. The first kappa shape index (κ1) is 22.4. The van der Waals surface area contributed by atoms with Crippen LogP contribution in [-0.4, -0.2) is 41.8 Å². The lowest BCUT2D eigenvalue weighted by Crippen LogP contribution is -2.45. The van der Waals surface area contributed by atoms with Gasteiger partial charge in [0.05, 0.1) is 0 Å². The summed E-state index contributed by atoms with van der Waals surface area (Å²) in [5.74, 6) is 0. The predicted molar refractivity (Wildman–Crippen MR) is 82.0 cm³/mol. The van der Waals surface area contributed by atoms with E-state index in [0.29, 0.717) is 33.0 Å². The maximum Gasteiger partial charge on any atom is 0.697 e. The Bertz CT molecular complexity index is 205. The van der Waals surface area contributed by atoms with E-state index < -0.39 is 17.1 Å². The van der Waals surface area contributed by atoms with Crippen LogP contribution in [0.1, 0.15) is 41.5 Å². The van der Waals surface area contributed by atoms with Crippen molar-refractivity contribution in [3.8, 4) is 0 Å². The summed E-state index contributed by atoms with van der Waals surface area (Å²) in [6.07, 6.45) is 0. The molecule has 0 fully saturated rings. The van der Waals surface area contributed by atoms with E-state index in [2.05, 4.69) is 9.05 Å². The molecule has 0 rings (SSSR count). The molecule has 0 aliphatic rings. The Morgan fingerprint density at radius 3 is 1.25 bits per heavy atom. The standard InChI is InChI=1S/C8H20O3Si.C4H10O3P/c1-5-9-12(8-4,10-6-2)11-7-3;1-3-6-8(5)7-4-2/h5-8H2,1-4H3;3-4H2,1-2H3/q;+1. The van der Waals surface area contributed by atoms with Gasteiger partial charge in [-0.1, -0.05) is 6.92 Å². The van der Waals surface area contributed by atoms with Crippen molar-refractivity contribution in [2.75, 3.05) is 33.0 Å². The zero-order valence-corrected chi connectivity index (χ0v) is 15.5. The molecule has 0 aromatic heterocycles. The summed E-state index contributed by atoms with van der Waals surface area (Å²) in [5, 5.41) is 0. The van der Waals surface area contributed by atoms with Crippen molar-refractivity contribution in [3.63, 3.8) is 0 Å². The average Bonchev–Trinajstić information content (AvgIpc) is 2.41. The molecule has 0 aliphatic carbocycles. The van der Waals surface area contributed by atoms with E-state index in [4.69, 9.17) is 13.3 Å². The molecule has 0 spiro atoms. The summed E-state index contributed by atoms with van der Waals surface area (Å²) in [4.78, 5) is 0. The Balaban J connectivity index is 0. The minimum Gasteiger partial charge on any atom is -0.374 e. The molecule has 0 aromatic rings. The van der Waals surface area contributed by atoms with Gasteiger partial charge in [-0.25, -0.2) is 0 Å². The van der Waals surface area contributed by atoms with Crippen molar-refractivity contribution in [2.45, 2.75) is 47.6 Å². The first-order valence-corrected chi connectivity index (χ1v) is 10.2. The number of hydrogen-bond acceptors (Lipinski definition) is 6. The van der Waals surface area contributed by atoms with Crippen LogP contribution in [0.4, 0.5) is 0 Å². The fraction of sp³-hybridized carbons (Fsp3) is 1.00. The van der Waals surface area contributed by atoms with Crippen molar-refractivity contribution in [1.82, 2.24) is 0 Å². The molecule has 0 aromatic carbocycles. The van der Waals surface area contributed by atoms with Crippen LogP contribution in [0, 0.1) is 0 Å². The van der Waals surface area contributed by atoms with E-state index >= 15 is 0 Å². The summed E-state index contributed by atoms with van der Waals surface area (Å²) in [6.45, 7) is 14.4. The van der Waals surface area contributed by atoms with E-state index in [1.807, 2.05) is 27.7 Å². The largest absolute Gasteiger partial charge is 0.697 e. The van der Waals surface area contributed by atoms with Gasteiger partial charge in [-0.15, -0.1) is 9.05 Å². The third-order valence-electron chi connectivity index (χ3n) is 1.99. The second kappa shape index (κ2) is 15.5. The molecule has 0 N–H and O–H groups in total. The lowest BCUT2D eigenvalue weighted by atomic mass is 10.9. The third-order valence-corrected chi connectivity index (χ3v) is 5.98. The Labute approximate surface area is 125 Å². The summed E-state index contributed by atoms with van der Waals surface area (Å²) < 4.78 is 36.1. The molecule has 0 saturated heterocycles. The normalized spacial score (nSPS) is 10.9. The van der Waals surface area contributed by atoms with E-state index in [0.717, 1.165) is 6.04 Å². The van der Waals surface area contributed by atoms with Gasteiger partial charge in [0.1, 0.15) is 13.2 Å². The number of rotatable bonds is 11.